The van der Waals surface area contributed by atoms with Crippen LogP contribution in [0.5, 0.6) is 0 Å². The highest BCUT2D eigenvalue weighted by Crippen LogP contribution is 2.28. The summed E-state index contributed by atoms with van der Waals surface area (Å²) in [6, 6.07) is 13.8. The molecule has 0 aliphatic carbocycles. The molecule has 3 aliphatic heterocycles. The van der Waals surface area contributed by atoms with Gasteiger partial charge in [-0.1, -0.05) is 12.1 Å². The molecule has 0 unspecified atom stereocenters. The van der Waals surface area contributed by atoms with Crippen molar-refractivity contribution in [2.24, 2.45) is 10.9 Å². The smallest absolute Gasteiger partial charge is 0.257 e. The lowest BCUT2D eigenvalue weighted by atomic mass is 9.89. The van der Waals surface area contributed by atoms with Gasteiger partial charge in [-0.05, 0) is 97.3 Å². The number of carbonyl (C=O) groups excluding carboxylic acids is 1. The van der Waals surface area contributed by atoms with Crippen molar-refractivity contribution in [2.45, 2.75) is 32.2 Å². The van der Waals surface area contributed by atoms with Gasteiger partial charge in [0.2, 0.25) is 0 Å². The van der Waals surface area contributed by atoms with E-state index >= 15 is 0 Å². The maximum Gasteiger partial charge on any atom is 0.257 e. The molecule has 3 heterocycles. The van der Waals surface area contributed by atoms with Gasteiger partial charge >= 0.3 is 0 Å². The molecule has 3 aromatic rings. The Balaban J connectivity index is 1.26. The second-order valence-electron chi connectivity index (χ2n) is 11.2. The Morgan fingerprint density at radius 1 is 1.00 bits per heavy atom. The standard InChI is InChI=1S/C33H36F2N4O2/c1-38-8-10-39(11-9-38)29-4-5-30(26(19-29)15-22-6-12-41-13-7-22)33(40)37-32-31-18-23(2-3-25(31)21-36-32)14-24-16-27(34)20-28(35)17-24/h2-5,16-20,22H,6-15,21H2,1H3,(H,36,37,40)/i14D2. The molecule has 0 spiro atoms. The molecule has 1 amide bonds. The molecule has 0 aromatic heterocycles. The first kappa shape index (κ1) is 25.1. The molecule has 0 radical (unpaired) electrons. The van der Waals surface area contributed by atoms with Crippen molar-refractivity contribution in [3.05, 3.63) is 99.6 Å². The monoisotopic (exact) mass is 560 g/mol. The average molecular weight is 561 g/mol. The summed E-state index contributed by atoms with van der Waals surface area (Å²) >= 11 is 0. The summed E-state index contributed by atoms with van der Waals surface area (Å²) in [7, 11) is 2.13. The number of carbonyl (C=O) groups is 1. The minimum Gasteiger partial charge on any atom is -0.381 e. The van der Waals surface area contributed by atoms with E-state index in [1.54, 1.807) is 18.2 Å². The summed E-state index contributed by atoms with van der Waals surface area (Å²) < 4.78 is 50.7. The Morgan fingerprint density at radius 3 is 2.51 bits per heavy atom. The Kier molecular flexibility index (Phi) is 7.41. The van der Waals surface area contributed by atoms with E-state index < -0.39 is 18.0 Å². The quantitative estimate of drug-likeness (QED) is 0.463. The van der Waals surface area contributed by atoms with E-state index in [1.807, 2.05) is 12.1 Å². The van der Waals surface area contributed by atoms with E-state index in [9.17, 15) is 13.6 Å². The van der Waals surface area contributed by atoms with E-state index in [0.717, 1.165) is 93.7 Å². The van der Waals surface area contributed by atoms with Crippen LogP contribution in [0, 0.1) is 17.6 Å². The fourth-order valence-corrected chi connectivity index (χ4v) is 5.83. The van der Waals surface area contributed by atoms with Crippen molar-refractivity contribution in [3.63, 3.8) is 0 Å². The van der Waals surface area contributed by atoms with E-state index in [4.69, 9.17) is 7.48 Å². The number of likely N-dealkylation sites (N-methyl/N-ethyl adjacent to an activating group) is 1. The van der Waals surface area contributed by atoms with Gasteiger partial charge in [0.05, 0.1) is 6.54 Å². The van der Waals surface area contributed by atoms with Crippen LogP contribution in [0.3, 0.4) is 0 Å². The SMILES string of the molecule is [2H]C([2H])(c1cc(F)cc(F)c1)c1ccc2c(c1)C(NC(=O)c1ccc(N3CCN(C)CC3)cc1CC1CCOCC1)=NC2. The summed E-state index contributed by atoms with van der Waals surface area (Å²) in [5, 5.41) is 2.99. The molecule has 6 rings (SSSR count). The predicted molar refractivity (Wildman–Crippen MR) is 157 cm³/mol. The van der Waals surface area contributed by atoms with Gasteiger partial charge in [0.25, 0.3) is 5.91 Å². The molecule has 8 heteroatoms. The van der Waals surface area contributed by atoms with Gasteiger partial charge in [-0.15, -0.1) is 0 Å². The normalized spacial score (nSPS) is 18.9. The highest BCUT2D eigenvalue weighted by atomic mass is 19.1. The van der Waals surface area contributed by atoms with Crippen LogP contribution in [0.1, 0.15) is 53.8 Å². The predicted octanol–water partition coefficient (Wildman–Crippen LogP) is 4.97. The van der Waals surface area contributed by atoms with Crippen LogP contribution in [0.2, 0.25) is 0 Å². The van der Waals surface area contributed by atoms with Crippen LogP contribution in [-0.4, -0.2) is 63.1 Å². The number of piperazine rings is 1. The number of amidine groups is 1. The third-order valence-electron chi connectivity index (χ3n) is 8.21. The van der Waals surface area contributed by atoms with Crippen molar-refractivity contribution in [2.75, 3.05) is 51.3 Å². The number of fused-ring (bicyclic) bond motifs is 1. The minimum atomic E-state index is -2.16. The number of benzene rings is 3. The van der Waals surface area contributed by atoms with Crippen LogP contribution < -0.4 is 10.2 Å². The molecule has 2 fully saturated rings. The van der Waals surface area contributed by atoms with E-state index in [0.29, 0.717) is 29.4 Å². The summed E-state index contributed by atoms with van der Waals surface area (Å²) in [4.78, 5) is 23.0. The van der Waals surface area contributed by atoms with Crippen molar-refractivity contribution < 1.29 is 21.1 Å². The molecule has 0 bridgehead atoms. The van der Waals surface area contributed by atoms with Gasteiger partial charge in [-0.25, -0.2) is 8.78 Å². The van der Waals surface area contributed by atoms with Crippen molar-refractivity contribution >= 4 is 17.4 Å². The molecule has 0 saturated carbocycles. The number of anilines is 1. The maximum absolute atomic E-state index is 13.9. The largest absolute Gasteiger partial charge is 0.381 e. The lowest BCUT2D eigenvalue weighted by Crippen LogP contribution is -2.44. The van der Waals surface area contributed by atoms with Crippen molar-refractivity contribution in [3.8, 4) is 0 Å². The Hall–Kier alpha value is -3.62. The van der Waals surface area contributed by atoms with Gasteiger partial charge in [-0.3, -0.25) is 9.79 Å². The molecule has 3 aliphatic rings. The number of halogens is 2. The first-order chi connectivity index (χ1) is 20.7. The maximum atomic E-state index is 13.9. The first-order valence-corrected chi connectivity index (χ1v) is 14.3. The van der Waals surface area contributed by atoms with Crippen molar-refractivity contribution in [1.29, 1.82) is 0 Å². The lowest BCUT2D eigenvalue weighted by Gasteiger charge is -2.34. The molecule has 214 valence electrons. The molecular formula is C33H36F2N4O2. The molecular weight excluding hydrogens is 522 g/mol. The molecule has 6 nitrogen and oxygen atoms in total. The van der Waals surface area contributed by atoms with E-state index in [-0.39, 0.29) is 17.0 Å². The summed E-state index contributed by atoms with van der Waals surface area (Å²) in [6.07, 6.45) is 0.538. The summed E-state index contributed by atoms with van der Waals surface area (Å²) in [5.74, 6) is -1.15. The Labute approximate surface area is 242 Å². The van der Waals surface area contributed by atoms with Crippen LogP contribution in [0.25, 0.3) is 0 Å². The summed E-state index contributed by atoms with van der Waals surface area (Å²) in [5.41, 5.74) is 4.26. The second kappa shape index (κ2) is 12.1. The first-order valence-electron chi connectivity index (χ1n) is 15.3. The number of nitrogens with zero attached hydrogens (tertiary/aromatic N) is 3. The minimum absolute atomic E-state index is 0.122. The van der Waals surface area contributed by atoms with Gasteiger partial charge in [0, 0.05) is 65.0 Å². The lowest BCUT2D eigenvalue weighted by molar-refractivity contribution is 0.0664. The zero-order valence-electron chi connectivity index (χ0n) is 25.3. The number of hydrogen-bond acceptors (Lipinski definition) is 5. The topological polar surface area (TPSA) is 57.2 Å². The fourth-order valence-electron chi connectivity index (χ4n) is 5.83. The zero-order chi connectivity index (χ0) is 30.1. The average Bonchev–Trinajstić information content (AvgIpc) is 3.39. The molecule has 1 N–H and O–H groups in total. The van der Waals surface area contributed by atoms with E-state index in [1.165, 1.54) is 0 Å². The van der Waals surface area contributed by atoms with Crippen LogP contribution >= 0.6 is 0 Å². The van der Waals surface area contributed by atoms with Gasteiger partial charge in [0.1, 0.15) is 17.5 Å². The number of ether oxygens (including phenoxy) is 1. The molecule has 3 aromatic carbocycles. The Morgan fingerprint density at radius 2 is 1.76 bits per heavy atom. The number of amides is 1. The molecule has 2 saturated heterocycles. The van der Waals surface area contributed by atoms with Crippen LogP contribution in [0.15, 0.2) is 59.6 Å². The molecule has 41 heavy (non-hydrogen) atoms. The number of rotatable bonds is 6. The van der Waals surface area contributed by atoms with E-state index in [2.05, 4.69) is 33.2 Å². The number of aliphatic imine (C=N–C) groups is 1. The highest BCUT2D eigenvalue weighted by Gasteiger charge is 2.24. The second-order valence-corrected chi connectivity index (χ2v) is 11.2. The van der Waals surface area contributed by atoms with Crippen molar-refractivity contribution in [1.82, 2.24) is 10.2 Å². The zero-order valence-corrected chi connectivity index (χ0v) is 23.3. The third kappa shape index (κ3) is 6.49. The molecule has 0 atom stereocenters. The number of hydrogen-bond donors (Lipinski definition) is 1. The summed E-state index contributed by atoms with van der Waals surface area (Å²) in [6.45, 7) is 5.66. The number of nitrogens with one attached hydrogen (secondary N) is 1. The fraction of sp³-hybridized carbons (Fsp3) is 0.394. The van der Waals surface area contributed by atoms with Gasteiger partial charge in [0.15, 0.2) is 0 Å². The highest BCUT2D eigenvalue weighted by molar-refractivity contribution is 6.14. The van der Waals surface area contributed by atoms with Gasteiger partial charge in [-0.2, -0.15) is 0 Å². The van der Waals surface area contributed by atoms with Gasteiger partial charge < -0.3 is 19.9 Å². The van der Waals surface area contributed by atoms with Crippen LogP contribution in [0.4, 0.5) is 14.5 Å². The third-order valence-corrected chi connectivity index (χ3v) is 8.21. The van der Waals surface area contributed by atoms with Crippen LogP contribution in [-0.2, 0) is 24.1 Å². The Bertz CT molecular complexity index is 1530.